The first-order chi connectivity index (χ1) is 24.1. The molecule has 2 nitrogen and oxygen atoms in total. The molecule has 0 saturated carbocycles. The van der Waals surface area contributed by atoms with E-state index in [4.69, 9.17) is 4.42 Å². The van der Waals surface area contributed by atoms with E-state index in [0.29, 0.717) is 0 Å². The van der Waals surface area contributed by atoms with Crippen molar-refractivity contribution in [3.63, 3.8) is 0 Å². The molecule has 232 valence electrons. The summed E-state index contributed by atoms with van der Waals surface area (Å²) in [7, 11) is 0. The molecule has 10 rings (SSSR count). The van der Waals surface area contributed by atoms with Crippen molar-refractivity contribution in [2.45, 2.75) is 19.3 Å². The molecule has 0 N–H and O–H groups in total. The van der Waals surface area contributed by atoms with Crippen molar-refractivity contribution < 1.29 is 4.42 Å². The summed E-state index contributed by atoms with van der Waals surface area (Å²) in [6.45, 7) is 4.70. The Morgan fingerprint density at radius 1 is 0.469 bits per heavy atom. The molecule has 0 fully saturated rings. The standard InChI is InChI=1S/C47H33NO/c1-47(2)39-22-11-10-21-36(39)37-27-26-33(29-40(37)47)48(41-23-12-18-30-16-6-8-19-34(30)41)42-24-13-25-43-45(42)44-35-20-9-7-17-32(35)28-38(46(44)49-43)31-14-4-3-5-15-31/h3-29H,1-2H3. The highest BCUT2D eigenvalue weighted by Crippen LogP contribution is 2.52. The number of anilines is 3. The van der Waals surface area contributed by atoms with Gasteiger partial charge in [-0.05, 0) is 80.4 Å². The summed E-state index contributed by atoms with van der Waals surface area (Å²) in [5.74, 6) is 0. The summed E-state index contributed by atoms with van der Waals surface area (Å²) in [6.07, 6.45) is 0. The average Bonchev–Trinajstić information content (AvgIpc) is 3.65. The van der Waals surface area contributed by atoms with Crippen molar-refractivity contribution in [1.82, 2.24) is 0 Å². The maximum absolute atomic E-state index is 6.92. The summed E-state index contributed by atoms with van der Waals surface area (Å²) >= 11 is 0. The van der Waals surface area contributed by atoms with Crippen molar-refractivity contribution in [3.8, 4) is 22.3 Å². The maximum Gasteiger partial charge on any atom is 0.143 e. The van der Waals surface area contributed by atoms with Crippen molar-refractivity contribution in [2.75, 3.05) is 4.90 Å². The van der Waals surface area contributed by atoms with Gasteiger partial charge in [-0.3, -0.25) is 0 Å². The van der Waals surface area contributed by atoms with Gasteiger partial charge in [-0.1, -0.05) is 141 Å². The first kappa shape index (κ1) is 27.9. The van der Waals surface area contributed by atoms with Crippen LogP contribution in [0.2, 0.25) is 0 Å². The molecule has 0 amide bonds. The molecule has 8 aromatic carbocycles. The second-order valence-electron chi connectivity index (χ2n) is 13.7. The van der Waals surface area contributed by atoms with E-state index < -0.39 is 0 Å². The molecule has 2 heteroatoms. The molecular weight excluding hydrogens is 595 g/mol. The highest BCUT2D eigenvalue weighted by molar-refractivity contribution is 6.26. The normalized spacial score (nSPS) is 13.3. The van der Waals surface area contributed by atoms with Crippen LogP contribution >= 0.6 is 0 Å². The van der Waals surface area contributed by atoms with Crippen LogP contribution in [-0.4, -0.2) is 0 Å². The minimum Gasteiger partial charge on any atom is -0.455 e. The quantitative estimate of drug-likeness (QED) is 0.193. The predicted molar refractivity (Wildman–Crippen MR) is 206 cm³/mol. The smallest absolute Gasteiger partial charge is 0.143 e. The van der Waals surface area contributed by atoms with E-state index in [-0.39, 0.29) is 5.41 Å². The first-order valence-electron chi connectivity index (χ1n) is 17.0. The minimum atomic E-state index is -0.124. The fraction of sp³-hybridized carbons (Fsp3) is 0.0638. The number of rotatable bonds is 4. The van der Waals surface area contributed by atoms with Crippen molar-refractivity contribution in [1.29, 1.82) is 0 Å². The third-order valence-corrected chi connectivity index (χ3v) is 10.6. The van der Waals surface area contributed by atoms with Crippen molar-refractivity contribution in [3.05, 3.63) is 175 Å². The molecule has 0 aliphatic heterocycles. The highest BCUT2D eigenvalue weighted by atomic mass is 16.3. The summed E-state index contributed by atoms with van der Waals surface area (Å²) in [5.41, 5.74) is 12.6. The van der Waals surface area contributed by atoms with E-state index in [1.807, 2.05) is 0 Å². The lowest BCUT2D eigenvalue weighted by molar-refractivity contribution is 0.660. The average molecular weight is 628 g/mol. The molecule has 49 heavy (non-hydrogen) atoms. The zero-order valence-electron chi connectivity index (χ0n) is 27.4. The van der Waals surface area contributed by atoms with Crippen LogP contribution in [0.4, 0.5) is 17.1 Å². The lowest BCUT2D eigenvalue weighted by Crippen LogP contribution is -2.16. The van der Waals surface area contributed by atoms with E-state index in [2.05, 4.69) is 183 Å². The molecule has 0 spiro atoms. The molecule has 0 bridgehead atoms. The van der Waals surface area contributed by atoms with Crippen molar-refractivity contribution in [2.24, 2.45) is 0 Å². The molecule has 1 aliphatic carbocycles. The lowest BCUT2D eigenvalue weighted by Gasteiger charge is -2.29. The van der Waals surface area contributed by atoms with Crippen LogP contribution in [0.3, 0.4) is 0 Å². The van der Waals surface area contributed by atoms with Gasteiger partial charge >= 0.3 is 0 Å². The van der Waals surface area contributed by atoms with Gasteiger partial charge in [0.05, 0.1) is 16.8 Å². The first-order valence-corrected chi connectivity index (χ1v) is 17.0. The van der Waals surface area contributed by atoms with Crippen LogP contribution < -0.4 is 4.90 Å². The number of fused-ring (bicyclic) bond motifs is 9. The van der Waals surface area contributed by atoms with Crippen LogP contribution in [0, 0.1) is 0 Å². The zero-order chi connectivity index (χ0) is 32.7. The number of nitrogens with zero attached hydrogens (tertiary/aromatic N) is 1. The zero-order valence-corrected chi connectivity index (χ0v) is 27.4. The van der Waals surface area contributed by atoms with Gasteiger partial charge in [-0.25, -0.2) is 0 Å². The Morgan fingerprint density at radius 2 is 1.14 bits per heavy atom. The topological polar surface area (TPSA) is 16.4 Å². The van der Waals surface area contributed by atoms with Gasteiger partial charge in [-0.2, -0.15) is 0 Å². The number of benzene rings is 8. The maximum atomic E-state index is 6.92. The Bertz CT molecular complexity index is 2750. The fourth-order valence-corrected chi connectivity index (χ4v) is 8.31. The molecular formula is C47H33NO. The lowest BCUT2D eigenvalue weighted by atomic mass is 9.82. The Labute approximate surface area is 285 Å². The van der Waals surface area contributed by atoms with Gasteiger partial charge in [0.1, 0.15) is 11.2 Å². The molecule has 1 aromatic heterocycles. The van der Waals surface area contributed by atoms with E-state index in [9.17, 15) is 0 Å². The Hall–Kier alpha value is -6.12. The number of hydrogen-bond donors (Lipinski definition) is 0. The minimum absolute atomic E-state index is 0.124. The molecule has 1 heterocycles. The summed E-state index contributed by atoms with van der Waals surface area (Å²) in [5, 5.41) is 7.05. The molecule has 9 aromatic rings. The van der Waals surface area contributed by atoms with Crippen LogP contribution in [0.1, 0.15) is 25.0 Å². The summed E-state index contributed by atoms with van der Waals surface area (Å²) in [6, 6.07) is 59.3. The van der Waals surface area contributed by atoms with Crippen LogP contribution in [-0.2, 0) is 5.41 Å². The molecule has 0 unspecified atom stereocenters. The Balaban J connectivity index is 1.32. The molecule has 0 saturated heterocycles. The van der Waals surface area contributed by atoms with Crippen molar-refractivity contribution >= 4 is 60.5 Å². The van der Waals surface area contributed by atoms with Gasteiger partial charge in [-0.15, -0.1) is 0 Å². The van der Waals surface area contributed by atoms with Gasteiger partial charge in [0, 0.05) is 27.4 Å². The van der Waals surface area contributed by atoms with E-state index >= 15 is 0 Å². The van der Waals surface area contributed by atoms with Gasteiger partial charge in [0.15, 0.2) is 0 Å². The van der Waals surface area contributed by atoms with Crippen LogP contribution in [0.5, 0.6) is 0 Å². The third-order valence-electron chi connectivity index (χ3n) is 10.6. The number of furan rings is 1. The SMILES string of the molecule is CC1(C)c2ccccc2-c2ccc(N(c3cccc4ccccc34)c3cccc4oc5c(-c6ccccc6)cc6ccccc6c5c34)cc21. The highest BCUT2D eigenvalue weighted by Gasteiger charge is 2.36. The predicted octanol–water partition coefficient (Wildman–Crippen LogP) is 13.3. The Morgan fingerprint density at radius 3 is 2.02 bits per heavy atom. The third kappa shape index (κ3) is 4.07. The number of hydrogen-bond acceptors (Lipinski definition) is 2. The van der Waals surface area contributed by atoms with Gasteiger partial charge in [0.2, 0.25) is 0 Å². The summed E-state index contributed by atoms with van der Waals surface area (Å²) < 4.78 is 6.92. The summed E-state index contributed by atoms with van der Waals surface area (Å²) in [4.78, 5) is 2.46. The van der Waals surface area contributed by atoms with Gasteiger partial charge < -0.3 is 9.32 Å². The largest absolute Gasteiger partial charge is 0.455 e. The van der Waals surface area contributed by atoms with Crippen LogP contribution in [0.15, 0.2) is 168 Å². The van der Waals surface area contributed by atoms with Gasteiger partial charge in [0.25, 0.3) is 0 Å². The second-order valence-corrected chi connectivity index (χ2v) is 13.7. The fourth-order valence-electron chi connectivity index (χ4n) is 8.31. The second kappa shape index (κ2) is 10.4. The van der Waals surface area contributed by atoms with Crippen LogP contribution in [0.25, 0.3) is 65.7 Å². The molecule has 0 radical (unpaired) electrons. The molecule has 0 atom stereocenters. The van der Waals surface area contributed by atoms with E-state index in [1.165, 1.54) is 43.8 Å². The molecule has 1 aliphatic rings. The van der Waals surface area contributed by atoms with E-state index in [0.717, 1.165) is 50.1 Å². The Kier molecular flexibility index (Phi) is 5.95. The van der Waals surface area contributed by atoms with E-state index in [1.54, 1.807) is 0 Å². The monoisotopic (exact) mass is 627 g/mol.